The molecule has 108 valence electrons. The standard InChI is InChI=1S/C14H17FN2O3/c1-8(7-18)17(2)14(20)11-6-13(19)16-12-5-9(15)3-4-10(11)12/h3-5,8,11,18H,6-7H2,1-2H3,(H,16,19). The largest absolute Gasteiger partial charge is 0.394 e. The average Bonchev–Trinajstić information content (AvgIpc) is 2.43. The number of likely N-dealkylation sites (N-methyl/N-ethyl adjacent to an activating group) is 1. The van der Waals surface area contributed by atoms with Crippen molar-refractivity contribution in [3.05, 3.63) is 29.6 Å². The normalized spacial score (nSPS) is 19.0. The van der Waals surface area contributed by atoms with E-state index < -0.39 is 11.7 Å². The molecule has 0 radical (unpaired) electrons. The molecule has 2 atom stereocenters. The highest BCUT2D eigenvalue weighted by Gasteiger charge is 2.33. The highest BCUT2D eigenvalue weighted by molar-refractivity contribution is 6.01. The molecule has 0 saturated heterocycles. The molecule has 0 spiro atoms. The highest BCUT2D eigenvalue weighted by atomic mass is 19.1. The molecule has 2 N–H and O–H groups in total. The molecule has 2 unspecified atom stereocenters. The highest BCUT2D eigenvalue weighted by Crippen LogP contribution is 2.34. The van der Waals surface area contributed by atoms with E-state index in [-0.39, 0.29) is 30.9 Å². The first kappa shape index (κ1) is 14.5. The second-order valence-corrected chi connectivity index (χ2v) is 5.02. The third-order valence-electron chi connectivity index (χ3n) is 3.63. The molecule has 1 aromatic carbocycles. The molecule has 0 saturated carbocycles. The number of hydrogen-bond donors (Lipinski definition) is 2. The van der Waals surface area contributed by atoms with Crippen LogP contribution in [0.5, 0.6) is 0 Å². The van der Waals surface area contributed by atoms with Gasteiger partial charge in [-0.05, 0) is 24.6 Å². The van der Waals surface area contributed by atoms with Gasteiger partial charge in [-0.15, -0.1) is 0 Å². The van der Waals surface area contributed by atoms with Gasteiger partial charge in [-0.2, -0.15) is 0 Å². The minimum Gasteiger partial charge on any atom is -0.394 e. The Morgan fingerprint density at radius 1 is 1.60 bits per heavy atom. The van der Waals surface area contributed by atoms with Crippen molar-refractivity contribution in [3.8, 4) is 0 Å². The number of fused-ring (bicyclic) bond motifs is 1. The van der Waals surface area contributed by atoms with E-state index in [1.807, 2.05) is 0 Å². The summed E-state index contributed by atoms with van der Waals surface area (Å²) in [5, 5.41) is 11.7. The molecule has 1 aliphatic rings. The number of hydrogen-bond acceptors (Lipinski definition) is 3. The molecule has 0 bridgehead atoms. The summed E-state index contributed by atoms with van der Waals surface area (Å²) < 4.78 is 13.2. The number of carbonyl (C=O) groups is 2. The lowest BCUT2D eigenvalue weighted by Gasteiger charge is -2.31. The summed E-state index contributed by atoms with van der Waals surface area (Å²) in [5.41, 5.74) is 0.942. The molecule has 1 aromatic rings. The molecule has 5 nitrogen and oxygen atoms in total. The van der Waals surface area contributed by atoms with Crippen LogP contribution in [0.25, 0.3) is 0 Å². The van der Waals surface area contributed by atoms with Gasteiger partial charge in [0.05, 0.1) is 18.6 Å². The van der Waals surface area contributed by atoms with Gasteiger partial charge in [-0.1, -0.05) is 6.07 Å². The van der Waals surface area contributed by atoms with Crippen molar-refractivity contribution in [1.82, 2.24) is 4.90 Å². The van der Waals surface area contributed by atoms with Gasteiger partial charge in [0, 0.05) is 19.2 Å². The van der Waals surface area contributed by atoms with Crippen LogP contribution in [0.4, 0.5) is 10.1 Å². The maximum absolute atomic E-state index is 13.2. The van der Waals surface area contributed by atoms with Crippen molar-refractivity contribution < 1.29 is 19.1 Å². The molecular formula is C14H17FN2O3. The molecule has 1 heterocycles. The fourth-order valence-electron chi connectivity index (χ4n) is 2.24. The Balaban J connectivity index is 2.34. The van der Waals surface area contributed by atoms with Crippen LogP contribution in [0, 0.1) is 5.82 Å². The number of rotatable bonds is 3. The van der Waals surface area contributed by atoms with Crippen LogP contribution in [0.3, 0.4) is 0 Å². The van der Waals surface area contributed by atoms with Gasteiger partial charge in [-0.25, -0.2) is 4.39 Å². The van der Waals surface area contributed by atoms with Crippen LogP contribution in [-0.4, -0.2) is 41.5 Å². The number of amides is 2. The molecule has 6 heteroatoms. The van der Waals surface area contributed by atoms with Crippen molar-refractivity contribution >= 4 is 17.5 Å². The summed E-state index contributed by atoms with van der Waals surface area (Å²) in [6.45, 7) is 1.56. The summed E-state index contributed by atoms with van der Waals surface area (Å²) in [7, 11) is 1.58. The fourth-order valence-corrected chi connectivity index (χ4v) is 2.24. The van der Waals surface area contributed by atoms with Crippen molar-refractivity contribution in [2.45, 2.75) is 25.3 Å². The lowest BCUT2D eigenvalue weighted by molar-refractivity contribution is -0.136. The first-order chi connectivity index (χ1) is 9.43. The van der Waals surface area contributed by atoms with Crippen LogP contribution in [-0.2, 0) is 9.59 Å². The zero-order chi connectivity index (χ0) is 14.9. The van der Waals surface area contributed by atoms with E-state index in [1.165, 1.54) is 23.1 Å². The monoisotopic (exact) mass is 280 g/mol. The van der Waals surface area contributed by atoms with Crippen molar-refractivity contribution in [2.75, 3.05) is 19.0 Å². The summed E-state index contributed by atoms with van der Waals surface area (Å²) >= 11 is 0. The zero-order valence-corrected chi connectivity index (χ0v) is 11.4. The Morgan fingerprint density at radius 3 is 2.95 bits per heavy atom. The lowest BCUT2D eigenvalue weighted by atomic mass is 9.89. The lowest BCUT2D eigenvalue weighted by Crippen LogP contribution is -2.42. The summed E-state index contributed by atoms with van der Waals surface area (Å²) in [5.74, 6) is -1.67. The van der Waals surface area contributed by atoms with Crippen LogP contribution in [0.2, 0.25) is 0 Å². The average molecular weight is 280 g/mol. The Labute approximate surface area is 116 Å². The van der Waals surface area contributed by atoms with Gasteiger partial charge < -0.3 is 15.3 Å². The second kappa shape index (κ2) is 5.58. The van der Waals surface area contributed by atoms with Gasteiger partial charge >= 0.3 is 0 Å². The van der Waals surface area contributed by atoms with E-state index in [2.05, 4.69) is 5.32 Å². The third kappa shape index (κ3) is 2.65. The van der Waals surface area contributed by atoms with Crippen LogP contribution in [0.15, 0.2) is 18.2 Å². The van der Waals surface area contributed by atoms with Gasteiger partial charge in [0.25, 0.3) is 0 Å². The quantitative estimate of drug-likeness (QED) is 0.871. The predicted molar refractivity (Wildman–Crippen MR) is 71.7 cm³/mol. The van der Waals surface area contributed by atoms with Crippen molar-refractivity contribution in [1.29, 1.82) is 0 Å². The minimum absolute atomic E-state index is 0.0277. The van der Waals surface area contributed by atoms with E-state index in [0.717, 1.165) is 0 Å². The number of nitrogens with one attached hydrogen (secondary N) is 1. The van der Waals surface area contributed by atoms with Gasteiger partial charge in [0.15, 0.2) is 0 Å². The summed E-state index contributed by atoms with van der Waals surface area (Å²) in [6, 6.07) is 3.66. The van der Waals surface area contributed by atoms with E-state index in [4.69, 9.17) is 5.11 Å². The van der Waals surface area contributed by atoms with Gasteiger partial charge in [0.1, 0.15) is 5.82 Å². The van der Waals surface area contributed by atoms with Crippen LogP contribution >= 0.6 is 0 Å². The van der Waals surface area contributed by atoms with Crippen molar-refractivity contribution in [3.63, 3.8) is 0 Å². The topological polar surface area (TPSA) is 69.6 Å². The summed E-state index contributed by atoms with van der Waals surface area (Å²) in [6.07, 6.45) is 0.0277. The number of anilines is 1. The molecule has 0 aliphatic carbocycles. The van der Waals surface area contributed by atoms with E-state index in [0.29, 0.717) is 11.3 Å². The van der Waals surface area contributed by atoms with Gasteiger partial charge in [0.2, 0.25) is 11.8 Å². The Hall–Kier alpha value is -1.95. The number of carbonyl (C=O) groups excluding carboxylic acids is 2. The molecular weight excluding hydrogens is 263 g/mol. The molecule has 0 aromatic heterocycles. The molecule has 2 amide bonds. The van der Waals surface area contributed by atoms with E-state index >= 15 is 0 Å². The fraction of sp³-hybridized carbons (Fsp3) is 0.429. The minimum atomic E-state index is -0.640. The molecule has 1 aliphatic heterocycles. The van der Waals surface area contributed by atoms with E-state index in [9.17, 15) is 14.0 Å². The Morgan fingerprint density at radius 2 is 2.30 bits per heavy atom. The maximum atomic E-state index is 13.2. The number of aliphatic hydroxyl groups excluding tert-OH is 1. The Kier molecular flexibility index (Phi) is 4.04. The first-order valence-electron chi connectivity index (χ1n) is 6.41. The molecule has 20 heavy (non-hydrogen) atoms. The van der Waals surface area contributed by atoms with Gasteiger partial charge in [-0.3, -0.25) is 9.59 Å². The molecule has 2 rings (SSSR count). The summed E-state index contributed by atoms with van der Waals surface area (Å²) in [4.78, 5) is 25.5. The maximum Gasteiger partial charge on any atom is 0.230 e. The zero-order valence-electron chi connectivity index (χ0n) is 11.4. The van der Waals surface area contributed by atoms with Crippen LogP contribution < -0.4 is 5.32 Å². The molecule has 0 fully saturated rings. The van der Waals surface area contributed by atoms with Crippen molar-refractivity contribution in [2.24, 2.45) is 0 Å². The number of halogens is 1. The van der Waals surface area contributed by atoms with Crippen LogP contribution in [0.1, 0.15) is 24.8 Å². The second-order valence-electron chi connectivity index (χ2n) is 5.02. The number of benzene rings is 1. The SMILES string of the molecule is CC(CO)N(C)C(=O)C1CC(=O)Nc2cc(F)ccc21. The smallest absolute Gasteiger partial charge is 0.230 e. The number of aliphatic hydroxyl groups is 1. The van der Waals surface area contributed by atoms with E-state index in [1.54, 1.807) is 14.0 Å². The number of nitrogens with zero attached hydrogens (tertiary/aromatic N) is 1. The third-order valence-corrected chi connectivity index (χ3v) is 3.63. The first-order valence-corrected chi connectivity index (χ1v) is 6.41. The Bertz CT molecular complexity index is 547. The predicted octanol–water partition coefficient (Wildman–Crippen LogP) is 1.09.